The van der Waals surface area contributed by atoms with Gasteiger partial charge in [0.05, 0.1) is 0 Å². The summed E-state index contributed by atoms with van der Waals surface area (Å²) in [5.74, 6) is 0.966. The molecule has 0 spiro atoms. The second kappa shape index (κ2) is 4.49. The summed E-state index contributed by atoms with van der Waals surface area (Å²) in [6.07, 6.45) is 1.07. The number of hydrogen-bond acceptors (Lipinski definition) is 2. The van der Waals surface area contributed by atoms with E-state index in [1.165, 1.54) is 0 Å². The maximum Gasteiger partial charge on any atom is 0.404 e. The summed E-state index contributed by atoms with van der Waals surface area (Å²) in [7, 11) is 0. The first kappa shape index (κ1) is 10.6. The van der Waals surface area contributed by atoms with Gasteiger partial charge in [0.25, 0.3) is 0 Å². The van der Waals surface area contributed by atoms with Crippen LogP contribution in [0.2, 0.25) is 0 Å². The number of carboxylic acid groups (broad SMARTS) is 1. The smallest absolute Gasteiger partial charge is 0.404 e. The fourth-order valence-electron chi connectivity index (χ4n) is 0.757. The molecule has 0 aliphatic rings. The molecule has 0 rings (SSSR count). The topological polar surface area (TPSA) is 49.3 Å². The van der Waals surface area contributed by atoms with E-state index >= 15 is 0 Å². The second-order valence-electron chi connectivity index (χ2n) is 3.26. The average Bonchev–Trinajstić information content (AvgIpc) is 1.84. The van der Waals surface area contributed by atoms with Crippen LogP contribution in [-0.4, -0.2) is 29.8 Å². The lowest BCUT2D eigenvalue weighted by atomic mass is 9.97. The molecule has 0 heterocycles. The number of rotatable bonds is 4. The van der Waals surface area contributed by atoms with Crippen LogP contribution in [0.4, 0.5) is 4.79 Å². The summed E-state index contributed by atoms with van der Waals surface area (Å²) in [6, 6.07) is 0. The molecule has 0 aromatic heterocycles. The minimum atomic E-state index is -0.945. The van der Waals surface area contributed by atoms with E-state index in [1.54, 1.807) is 11.8 Å². The fraction of sp³-hybridized carbons (Fsp3) is 0.857. The first-order valence-corrected chi connectivity index (χ1v) is 4.83. The van der Waals surface area contributed by atoms with Crippen molar-refractivity contribution in [1.82, 2.24) is 5.32 Å². The molecule has 0 aromatic carbocycles. The van der Waals surface area contributed by atoms with Gasteiger partial charge in [-0.15, -0.1) is 0 Å². The summed E-state index contributed by atoms with van der Waals surface area (Å²) < 4.78 is 0. The van der Waals surface area contributed by atoms with Crippen molar-refractivity contribution in [2.75, 3.05) is 18.6 Å². The van der Waals surface area contributed by atoms with Gasteiger partial charge in [-0.1, -0.05) is 13.8 Å². The third kappa shape index (κ3) is 6.04. The van der Waals surface area contributed by atoms with Crippen LogP contribution in [0, 0.1) is 5.41 Å². The van der Waals surface area contributed by atoms with Crippen LogP contribution in [-0.2, 0) is 0 Å². The van der Waals surface area contributed by atoms with Crippen molar-refractivity contribution in [2.24, 2.45) is 5.41 Å². The third-order valence-electron chi connectivity index (χ3n) is 1.25. The molecule has 0 saturated carbocycles. The molecule has 3 nitrogen and oxygen atoms in total. The largest absolute Gasteiger partial charge is 0.465 e. The Morgan fingerprint density at radius 2 is 2.18 bits per heavy atom. The summed E-state index contributed by atoms with van der Waals surface area (Å²) in [5, 5.41) is 10.7. The van der Waals surface area contributed by atoms with Gasteiger partial charge in [0.1, 0.15) is 0 Å². The van der Waals surface area contributed by atoms with E-state index in [9.17, 15) is 4.79 Å². The lowest BCUT2D eigenvalue weighted by molar-refractivity contribution is 0.189. The lowest BCUT2D eigenvalue weighted by Crippen LogP contribution is -2.34. The van der Waals surface area contributed by atoms with Crippen LogP contribution in [0.3, 0.4) is 0 Å². The first-order valence-electron chi connectivity index (χ1n) is 3.44. The van der Waals surface area contributed by atoms with Gasteiger partial charge in [0, 0.05) is 6.54 Å². The number of hydrogen-bond donors (Lipinski definition) is 2. The van der Waals surface area contributed by atoms with Crippen molar-refractivity contribution in [3.63, 3.8) is 0 Å². The Morgan fingerprint density at radius 3 is 2.55 bits per heavy atom. The molecule has 0 aliphatic carbocycles. The van der Waals surface area contributed by atoms with E-state index in [0.717, 1.165) is 5.75 Å². The van der Waals surface area contributed by atoms with Crippen LogP contribution < -0.4 is 5.32 Å². The molecule has 66 valence electrons. The highest BCUT2D eigenvalue weighted by atomic mass is 32.2. The normalized spacial score (nSPS) is 11.2. The molecule has 0 radical (unpaired) electrons. The van der Waals surface area contributed by atoms with Crippen molar-refractivity contribution in [1.29, 1.82) is 0 Å². The number of thioether (sulfide) groups is 1. The quantitative estimate of drug-likeness (QED) is 0.686. The molecular weight excluding hydrogens is 162 g/mol. The highest BCUT2D eigenvalue weighted by molar-refractivity contribution is 7.98. The van der Waals surface area contributed by atoms with Gasteiger partial charge in [0.2, 0.25) is 0 Å². The minimum absolute atomic E-state index is 0.0534. The molecular formula is C7H15NO2S. The van der Waals surface area contributed by atoms with Crippen molar-refractivity contribution in [3.05, 3.63) is 0 Å². The van der Waals surface area contributed by atoms with Crippen molar-refractivity contribution in [3.8, 4) is 0 Å². The number of nitrogens with one attached hydrogen (secondary N) is 1. The summed E-state index contributed by atoms with van der Waals surface area (Å²) in [6.45, 7) is 4.60. The van der Waals surface area contributed by atoms with Gasteiger partial charge in [-0.05, 0) is 17.4 Å². The van der Waals surface area contributed by atoms with Gasteiger partial charge in [0.15, 0.2) is 0 Å². The molecule has 0 fully saturated rings. The van der Waals surface area contributed by atoms with E-state index in [-0.39, 0.29) is 5.41 Å². The fourth-order valence-corrected chi connectivity index (χ4v) is 1.64. The van der Waals surface area contributed by atoms with Crippen molar-refractivity contribution >= 4 is 17.9 Å². The zero-order valence-electron chi connectivity index (χ0n) is 7.18. The van der Waals surface area contributed by atoms with Crippen LogP contribution in [0.15, 0.2) is 0 Å². The van der Waals surface area contributed by atoms with E-state index in [4.69, 9.17) is 5.11 Å². The summed E-state index contributed by atoms with van der Waals surface area (Å²) in [5.41, 5.74) is 0.0534. The Kier molecular flexibility index (Phi) is 4.33. The molecule has 4 heteroatoms. The zero-order chi connectivity index (χ0) is 8.91. The monoisotopic (exact) mass is 177 g/mol. The second-order valence-corrected chi connectivity index (χ2v) is 4.12. The number of carbonyl (C=O) groups is 1. The third-order valence-corrected chi connectivity index (χ3v) is 2.32. The Labute approximate surface area is 71.6 Å². The Balaban J connectivity index is 3.63. The van der Waals surface area contributed by atoms with Crippen molar-refractivity contribution in [2.45, 2.75) is 13.8 Å². The van der Waals surface area contributed by atoms with E-state index in [0.29, 0.717) is 6.54 Å². The van der Waals surface area contributed by atoms with Gasteiger partial charge < -0.3 is 10.4 Å². The van der Waals surface area contributed by atoms with E-state index < -0.39 is 6.09 Å². The van der Waals surface area contributed by atoms with Crippen LogP contribution in [0.25, 0.3) is 0 Å². The Hall–Kier alpha value is -0.380. The molecule has 0 unspecified atom stereocenters. The van der Waals surface area contributed by atoms with Crippen LogP contribution >= 0.6 is 11.8 Å². The number of amides is 1. The molecule has 0 aromatic rings. The molecule has 11 heavy (non-hydrogen) atoms. The lowest BCUT2D eigenvalue weighted by Gasteiger charge is -2.22. The van der Waals surface area contributed by atoms with Gasteiger partial charge in [-0.2, -0.15) is 11.8 Å². The zero-order valence-corrected chi connectivity index (χ0v) is 7.99. The van der Waals surface area contributed by atoms with Crippen LogP contribution in [0.5, 0.6) is 0 Å². The SMILES string of the molecule is CSCC(C)(C)CNC(=O)O. The Morgan fingerprint density at radius 1 is 1.64 bits per heavy atom. The summed E-state index contributed by atoms with van der Waals surface area (Å²) >= 11 is 1.73. The standard InChI is InChI=1S/C7H15NO2S/c1-7(2,5-11-3)4-8-6(9)10/h8H,4-5H2,1-3H3,(H,9,10). The molecule has 0 saturated heterocycles. The molecule has 1 amide bonds. The van der Waals surface area contributed by atoms with Gasteiger partial charge in [-0.25, -0.2) is 4.79 Å². The minimum Gasteiger partial charge on any atom is -0.465 e. The van der Waals surface area contributed by atoms with Gasteiger partial charge >= 0.3 is 6.09 Å². The predicted molar refractivity (Wildman–Crippen MR) is 48.2 cm³/mol. The first-order chi connectivity index (χ1) is 4.98. The maximum atomic E-state index is 10.1. The maximum absolute atomic E-state index is 10.1. The summed E-state index contributed by atoms with van der Waals surface area (Å²) in [4.78, 5) is 10.1. The average molecular weight is 177 g/mol. The predicted octanol–water partition coefficient (Wildman–Crippen LogP) is 1.64. The van der Waals surface area contributed by atoms with Crippen molar-refractivity contribution < 1.29 is 9.90 Å². The van der Waals surface area contributed by atoms with E-state index in [1.807, 2.05) is 20.1 Å². The Bertz CT molecular complexity index is 136. The highest BCUT2D eigenvalue weighted by Crippen LogP contribution is 2.18. The molecule has 2 N–H and O–H groups in total. The van der Waals surface area contributed by atoms with E-state index in [2.05, 4.69) is 5.32 Å². The van der Waals surface area contributed by atoms with Crippen LogP contribution in [0.1, 0.15) is 13.8 Å². The molecule has 0 atom stereocenters. The molecule has 0 aliphatic heterocycles. The highest BCUT2D eigenvalue weighted by Gasteiger charge is 2.17. The van der Waals surface area contributed by atoms with Gasteiger partial charge in [-0.3, -0.25) is 0 Å². The molecule has 0 bridgehead atoms.